The van der Waals surface area contributed by atoms with Crippen molar-refractivity contribution >= 4 is 11.8 Å². The molecule has 0 aromatic carbocycles. The second-order valence-electron chi connectivity index (χ2n) is 8.23. The van der Waals surface area contributed by atoms with Gasteiger partial charge in [0.25, 0.3) is 5.91 Å². The second-order valence-corrected chi connectivity index (χ2v) is 8.23. The third-order valence-corrected chi connectivity index (χ3v) is 6.54. The molecule has 5 heteroatoms. The van der Waals surface area contributed by atoms with Crippen LogP contribution in [0.2, 0.25) is 0 Å². The van der Waals surface area contributed by atoms with Gasteiger partial charge in [-0.3, -0.25) is 9.59 Å². The first-order chi connectivity index (χ1) is 11.5. The van der Waals surface area contributed by atoms with Crippen LogP contribution in [0.4, 0.5) is 0 Å². The molecular weight excluding hydrogens is 304 g/mol. The van der Waals surface area contributed by atoms with Crippen molar-refractivity contribution < 1.29 is 14.0 Å². The Labute approximate surface area is 142 Å². The Hall–Kier alpha value is -1.78. The fourth-order valence-corrected chi connectivity index (χ4v) is 5.81. The topological polar surface area (TPSA) is 71.3 Å². The molecule has 0 aliphatic heterocycles. The Bertz CT molecular complexity index is 587. The predicted molar refractivity (Wildman–Crippen MR) is 89.3 cm³/mol. The first-order valence-corrected chi connectivity index (χ1v) is 9.15. The molecule has 5 rings (SSSR count). The van der Waals surface area contributed by atoms with Gasteiger partial charge in [0.1, 0.15) is 0 Å². The minimum atomic E-state index is -0.349. The summed E-state index contributed by atoms with van der Waals surface area (Å²) in [4.78, 5) is 24.1. The van der Waals surface area contributed by atoms with Crippen molar-refractivity contribution in [3.63, 3.8) is 0 Å². The molecule has 4 aliphatic carbocycles. The van der Waals surface area contributed by atoms with Gasteiger partial charge in [-0.15, -0.1) is 0 Å². The van der Waals surface area contributed by atoms with Gasteiger partial charge in [0.05, 0.1) is 12.8 Å². The summed E-state index contributed by atoms with van der Waals surface area (Å²) in [5.41, 5.74) is 0.287. The average molecular weight is 330 g/mol. The van der Waals surface area contributed by atoms with Crippen LogP contribution in [0, 0.1) is 23.2 Å². The highest BCUT2D eigenvalue weighted by molar-refractivity contribution is 5.94. The normalized spacial score (nSPS) is 34.8. The van der Waals surface area contributed by atoms with Crippen molar-refractivity contribution in [1.29, 1.82) is 0 Å². The van der Waals surface area contributed by atoms with E-state index in [1.165, 1.54) is 44.8 Å². The van der Waals surface area contributed by atoms with Gasteiger partial charge < -0.3 is 15.1 Å². The summed E-state index contributed by atoms with van der Waals surface area (Å²) < 4.78 is 5.03. The summed E-state index contributed by atoms with van der Waals surface area (Å²) in [5, 5.41) is 5.77. The lowest BCUT2D eigenvalue weighted by atomic mass is 9.48. The third kappa shape index (κ3) is 2.85. The second kappa shape index (κ2) is 5.94. The van der Waals surface area contributed by atoms with Crippen LogP contribution in [-0.2, 0) is 4.79 Å². The molecule has 1 unspecified atom stereocenters. The van der Waals surface area contributed by atoms with Gasteiger partial charge in [-0.2, -0.15) is 0 Å². The number of rotatable bonds is 5. The van der Waals surface area contributed by atoms with E-state index in [1.54, 1.807) is 12.1 Å². The van der Waals surface area contributed by atoms with Gasteiger partial charge in [0.15, 0.2) is 5.76 Å². The molecule has 2 N–H and O–H groups in total. The fourth-order valence-electron chi connectivity index (χ4n) is 5.81. The number of hydrogen-bond acceptors (Lipinski definition) is 3. The van der Waals surface area contributed by atoms with Crippen molar-refractivity contribution in [3.8, 4) is 0 Å². The molecule has 1 atom stereocenters. The van der Waals surface area contributed by atoms with Crippen LogP contribution in [0.3, 0.4) is 0 Å². The molecule has 4 bridgehead atoms. The van der Waals surface area contributed by atoms with Crippen LogP contribution < -0.4 is 10.6 Å². The van der Waals surface area contributed by atoms with Crippen LogP contribution in [0.15, 0.2) is 22.8 Å². The molecule has 0 saturated heterocycles. The summed E-state index contributed by atoms with van der Waals surface area (Å²) in [6.07, 6.45) is 9.44. The van der Waals surface area contributed by atoms with Gasteiger partial charge >= 0.3 is 0 Å². The number of amides is 2. The Morgan fingerprint density at radius 1 is 1.21 bits per heavy atom. The lowest BCUT2D eigenvalue weighted by Crippen LogP contribution is -2.56. The number of carbonyl (C=O) groups excluding carboxylic acids is 2. The van der Waals surface area contributed by atoms with E-state index in [-0.39, 0.29) is 35.6 Å². The standard InChI is InChI=1S/C19H26N2O3/c1-12(19-8-13-5-14(9-19)7-15(6-13)10-19)21-17(22)11-20-18(23)16-3-2-4-24-16/h2-4,12-15H,5-11H2,1H3,(H,20,23)(H,21,22). The summed E-state index contributed by atoms with van der Waals surface area (Å²) in [6.45, 7) is 2.15. The number of furan rings is 1. The zero-order valence-electron chi connectivity index (χ0n) is 14.2. The zero-order valence-corrected chi connectivity index (χ0v) is 14.2. The molecule has 5 nitrogen and oxygen atoms in total. The van der Waals surface area contributed by atoms with E-state index >= 15 is 0 Å². The Balaban J connectivity index is 1.32. The van der Waals surface area contributed by atoms with E-state index in [2.05, 4.69) is 17.6 Å². The van der Waals surface area contributed by atoms with Crippen molar-refractivity contribution in [3.05, 3.63) is 24.2 Å². The van der Waals surface area contributed by atoms with Gasteiger partial charge in [-0.1, -0.05) is 0 Å². The van der Waals surface area contributed by atoms with E-state index in [9.17, 15) is 9.59 Å². The van der Waals surface area contributed by atoms with Crippen molar-refractivity contribution in [1.82, 2.24) is 10.6 Å². The van der Waals surface area contributed by atoms with Gasteiger partial charge in [-0.05, 0) is 80.8 Å². The Morgan fingerprint density at radius 3 is 2.38 bits per heavy atom. The lowest BCUT2D eigenvalue weighted by molar-refractivity contribution is -0.124. The minimum absolute atomic E-state index is 0.00373. The summed E-state index contributed by atoms with van der Waals surface area (Å²) in [7, 11) is 0. The zero-order chi connectivity index (χ0) is 16.7. The highest BCUT2D eigenvalue weighted by Crippen LogP contribution is 2.61. The summed E-state index contributed by atoms with van der Waals surface area (Å²) in [6, 6.07) is 3.42. The quantitative estimate of drug-likeness (QED) is 0.872. The Kier molecular flexibility index (Phi) is 3.89. The van der Waals surface area contributed by atoms with E-state index in [0.717, 1.165) is 17.8 Å². The molecule has 0 spiro atoms. The lowest BCUT2D eigenvalue weighted by Gasteiger charge is -2.59. The van der Waals surface area contributed by atoms with Gasteiger partial charge in [0, 0.05) is 6.04 Å². The van der Waals surface area contributed by atoms with E-state index < -0.39 is 0 Å². The Morgan fingerprint density at radius 2 is 1.83 bits per heavy atom. The van der Waals surface area contributed by atoms with Crippen molar-refractivity contribution in [2.75, 3.05) is 6.54 Å². The van der Waals surface area contributed by atoms with E-state index in [4.69, 9.17) is 4.42 Å². The average Bonchev–Trinajstić information content (AvgIpc) is 3.05. The van der Waals surface area contributed by atoms with Gasteiger partial charge in [0.2, 0.25) is 5.91 Å². The molecule has 4 aliphatic rings. The molecule has 1 aromatic heterocycles. The third-order valence-electron chi connectivity index (χ3n) is 6.54. The minimum Gasteiger partial charge on any atom is -0.459 e. The summed E-state index contributed by atoms with van der Waals surface area (Å²) in [5.74, 6) is 2.38. The maximum atomic E-state index is 12.3. The number of hydrogen-bond donors (Lipinski definition) is 2. The SMILES string of the molecule is CC(NC(=O)CNC(=O)c1ccco1)C12CC3CC(CC(C3)C1)C2. The number of nitrogens with one attached hydrogen (secondary N) is 2. The molecule has 0 radical (unpaired) electrons. The first-order valence-electron chi connectivity index (χ1n) is 9.15. The maximum absolute atomic E-state index is 12.3. The molecular formula is C19H26N2O3. The van der Waals surface area contributed by atoms with Crippen LogP contribution in [0.1, 0.15) is 56.0 Å². The van der Waals surface area contributed by atoms with E-state index in [0.29, 0.717) is 0 Å². The maximum Gasteiger partial charge on any atom is 0.287 e. The largest absolute Gasteiger partial charge is 0.459 e. The van der Waals surface area contributed by atoms with Crippen LogP contribution >= 0.6 is 0 Å². The van der Waals surface area contributed by atoms with E-state index in [1.807, 2.05) is 0 Å². The molecule has 4 saturated carbocycles. The van der Waals surface area contributed by atoms with Crippen molar-refractivity contribution in [2.45, 2.75) is 51.5 Å². The molecule has 2 amide bonds. The molecule has 4 fully saturated rings. The molecule has 130 valence electrons. The highest BCUT2D eigenvalue weighted by Gasteiger charge is 2.53. The smallest absolute Gasteiger partial charge is 0.287 e. The monoisotopic (exact) mass is 330 g/mol. The van der Waals surface area contributed by atoms with Crippen molar-refractivity contribution in [2.24, 2.45) is 23.2 Å². The number of carbonyl (C=O) groups is 2. The molecule has 1 aromatic rings. The predicted octanol–water partition coefficient (Wildman–Crippen LogP) is 2.73. The summed E-state index contributed by atoms with van der Waals surface area (Å²) >= 11 is 0. The van der Waals surface area contributed by atoms with Gasteiger partial charge in [-0.25, -0.2) is 0 Å². The van der Waals surface area contributed by atoms with Crippen LogP contribution in [-0.4, -0.2) is 24.4 Å². The van der Waals surface area contributed by atoms with Crippen LogP contribution in [0.5, 0.6) is 0 Å². The fraction of sp³-hybridized carbons (Fsp3) is 0.684. The van der Waals surface area contributed by atoms with Crippen LogP contribution in [0.25, 0.3) is 0 Å². The first kappa shape index (κ1) is 15.7. The molecule has 24 heavy (non-hydrogen) atoms. The highest BCUT2D eigenvalue weighted by atomic mass is 16.3. The molecule has 1 heterocycles.